The monoisotopic (exact) mass is 1020 g/mol. The van der Waals surface area contributed by atoms with Crippen LogP contribution in [0.2, 0.25) is 0 Å². The van der Waals surface area contributed by atoms with Crippen molar-refractivity contribution in [3.05, 3.63) is 95.6 Å². The fourth-order valence-corrected chi connectivity index (χ4v) is 11.0. The zero-order chi connectivity index (χ0) is 52.2. The minimum Gasteiger partial charge on any atom is -0.449 e. The zero-order valence-electron chi connectivity index (χ0n) is 41.7. The van der Waals surface area contributed by atoms with E-state index in [2.05, 4.69) is 21.3 Å². The summed E-state index contributed by atoms with van der Waals surface area (Å²) in [5, 5.41) is 55.3. The minimum absolute atomic E-state index is 0.00342. The molecule has 2 heterocycles. The number of nitrogens with one attached hydrogen (secondary N) is 4. The van der Waals surface area contributed by atoms with E-state index in [1.165, 1.54) is 35.2 Å². The van der Waals surface area contributed by atoms with Gasteiger partial charge in [-0.15, -0.1) is 0 Å². The number of alkyl carbamates (subject to hydrolysis) is 2. The smallest absolute Gasteiger partial charge is 0.407 e. The van der Waals surface area contributed by atoms with Crippen molar-refractivity contribution in [2.75, 3.05) is 67.5 Å². The van der Waals surface area contributed by atoms with E-state index in [4.69, 9.17) is 42.6 Å². The van der Waals surface area contributed by atoms with Gasteiger partial charge >= 0.3 is 12.2 Å². The van der Waals surface area contributed by atoms with Crippen LogP contribution in [0, 0.1) is 23.7 Å². The second-order valence-electron chi connectivity index (χ2n) is 18.8. The number of rotatable bonds is 21. The summed E-state index contributed by atoms with van der Waals surface area (Å²) in [4.78, 5) is 52.6. The Morgan fingerprint density at radius 3 is 1.67 bits per heavy atom. The molecule has 1 saturated carbocycles. The number of benzene rings is 3. The summed E-state index contributed by atoms with van der Waals surface area (Å²) in [6.45, 7) is 0.170. The van der Waals surface area contributed by atoms with Crippen LogP contribution < -0.4 is 21.3 Å². The van der Waals surface area contributed by atoms with E-state index in [1.807, 2.05) is 66.7 Å². The molecule has 4 aliphatic rings. The van der Waals surface area contributed by atoms with Gasteiger partial charge in [-0.05, 0) is 34.2 Å². The molecule has 0 spiro atoms. The fraction of sp³-hybridized carbons (Fsp3) is 0.577. The van der Waals surface area contributed by atoms with Gasteiger partial charge in [0.25, 0.3) is 0 Å². The molecule has 0 aromatic heterocycles. The fourth-order valence-electron chi connectivity index (χ4n) is 11.0. The van der Waals surface area contributed by atoms with Crippen molar-refractivity contribution >= 4 is 24.0 Å². The molecule has 21 nitrogen and oxygen atoms in total. The van der Waals surface area contributed by atoms with Crippen LogP contribution in [0.1, 0.15) is 42.9 Å². The third-order valence-electron chi connectivity index (χ3n) is 14.4. The second-order valence-corrected chi connectivity index (χ2v) is 18.8. The molecule has 3 aromatic carbocycles. The molecule has 15 unspecified atom stereocenters. The number of aliphatic hydroxyl groups is 4. The third-order valence-corrected chi connectivity index (χ3v) is 14.4. The second kappa shape index (κ2) is 26.3. The van der Waals surface area contributed by atoms with E-state index in [0.717, 1.165) is 27.8 Å². The van der Waals surface area contributed by atoms with Crippen LogP contribution in [-0.2, 0) is 58.8 Å². The third kappa shape index (κ3) is 13.0. The normalized spacial score (nSPS) is 30.8. The Morgan fingerprint density at radius 2 is 1.12 bits per heavy atom. The molecule has 2 saturated heterocycles. The first-order chi connectivity index (χ1) is 35.4. The number of methoxy groups -OCH3 is 3. The number of carbonyl (C=O) groups excluding carboxylic acids is 4. The highest BCUT2D eigenvalue weighted by atomic mass is 16.7. The lowest BCUT2D eigenvalue weighted by Crippen LogP contribution is -2.68. The average molecular weight is 1020 g/mol. The zero-order valence-corrected chi connectivity index (χ0v) is 41.7. The summed E-state index contributed by atoms with van der Waals surface area (Å²) in [6, 6.07) is 22.1. The molecule has 0 radical (unpaired) electrons. The highest BCUT2D eigenvalue weighted by Crippen LogP contribution is 2.45. The summed E-state index contributed by atoms with van der Waals surface area (Å²) >= 11 is 0. The minimum atomic E-state index is -1.36. The van der Waals surface area contributed by atoms with E-state index < -0.39 is 141 Å². The topological polar surface area (TPSA) is 280 Å². The van der Waals surface area contributed by atoms with Gasteiger partial charge in [0.2, 0.25) is 11.8 Å². The number of hydrogen-bond acceptors (Lipinski definition) is 17. The van der Waals surface area contributed by atoms with Crippen LogP contribution in [0.4, 0.5) is 9.59 Å². The molecular weight excluding hydrogens is 953 g/mol. The van der Waals surface area contributed by atoms with Gasteiger partial charge in [-0.25, -0.2) is 9.59 Å². The van der Waals surface area contributed by atoms with E-state index in [9.17, 15) is 39.6 Å². The van der Waals surface area contributed by atoms with Crippen molar-refractivity contribution < 1.29 is 82.2 Å². The Hall–Kier alpha value is -5.30. The van der Waals surface area contributed by atoms with Crippen LogP contribution in [0.3, 0.4) is 0 Å². The Morgan fingerprint density at radius 1 is 0.575 bits per heavy atom. The summed E-state index contributed by atoms with van der Waals surface area (Å²) in [6.07, 6.45) is -10.4. The van der Waals surface area contributed by atoms with E-state index in [0.29, 0.717) is 0 Å². The standard InChI is InChI=1S/C52H70N4O17/c1-28(61)54-40-19-41(55-29(2)62)46(73-50-47(66-4)36(22-58)35(21-57)42(70-50)20-53-51(63)68-25-30-13-7-6-8-14-30)38(24-60)45(40)72-49-37(23-59)44(48(67-5)43(71-49)27-65-3)56-52(64)69-26-39-33-17-11-9-15-31(33)32-16-10-12-18-34(32)39/h6-18,35-50,57-60H,19-27H2,1-5H3,(H,53,63)(H,54,61)(H,55,62)(H,56,64). The molecule has 73 heavy (non-hydrogen) atoms. The van der Waals surface area contributed by atoms with E-state index in [-0.39, 0.29) is 38.7 Å². The average Bonchev–Trinajstić information content (AvgIpc) is 3.71. The highest BCUT2D eigenvalue weighted by Gasteiger charge is 2.55. The Bertz CT molecular complexity index is 2230. The van der Waals surface area contributed by atoms with E-state index in [1.54, 1.807) is 12.1 Å². The lowest BCUT2D eigenvalue weighted by atomic mass is 9.76. The SMILES string of the molecule is COCC1OC(OC2C(NC(C)=O)CC(NC(C)=O)C(OC3OC(CNC(=O)OCc4ccccc4)C(CO)C(CO)C3OC)C2CO)C(CO)C(NC(=O)OCC2c3ccccc3-c3ccccc32)C1OC. The van der Waals surface area contributed by atoms with Crippen molar-refractivity contribution in [2.24, 2.45) is 23.7 Å². The Balaban J connectivity index is 1.14. The van der Waals surface area contributed by atoms with Gasteiger partial charge in [0.1, 0.15) is 31.5 Å². The molecule has 7 rings (SSSR count). The molecule has 21 heteroatoms. The molecule has 3 aromatic rings. The highest BCUT2D eigenvalue weighted by molar-refractivity contribution is 5.79. The first-order valence-corrected chi connectivity index (χ1v) is 24.6. The van der Waals surface area contributed by atoms with Crippen LogP contribution in [0.5, 0.6) is 0 Å². The summed E-state index contributed by atoms with van der Waals surface area (Å²) in [5.74, 6) is -4.87. The molecule has 3 fully saturated rings. The number of amides is 4. The van der Waals surface area contributed by atoms with Gasteiger partial charge in [-0.3, -0.25) is 9.59 Å². The largest absolute Gasteiger partial charge is 0.449 e. The molecule has 15 atom stereocenters. The summed E-state index contributed by atoms with van der Waals surface area (Å²) in [5.41, 5.74) is 4.92. The van der Waals surface area contributed by atoms with Crippen LogP contribution in [-0.4, -0.2) is 179 Å². The summed E-state index contributed by atoms with van der Waals surface area (Å²) < 4.78 is 55.2. The van der Waals surface area contributed by atoms with Crippen LogP contribution in [0.25, 0.3) is 11.1 Å². The molecule has 0 bridgehead atoms. The van der Waals surface area contributed by atoms with Crippen molar-refractivity contribution in [2.45, 2.75) is 100 Å². The number of aliphatic hydroxyl groups excluding tert-OH is 4. The van der Waals surface area contributed by atoms with Gasteiger partial charge in [0.05, 0.1) is 62.2 Å². The first-order valence-electron chi connectivity index (χ1n) is 24.6. The lowest BCUT2D eigenvalue weighted by molar-refractivity contribution is -0.325. The predicted molar refractivity (Wildman–Crippen MR) is 259 cm³/mol. The lowest BCUT2D eigenvalue weighted by Gasteiger charge is -2.52. The molecule has 2 aliphatic heterocycles. The maximum absolute atomic E-state index is 13.9. The number of hydrogen-bond donors (Lipinski definition) is 8. The number of fused-ring (bicyclic) bond motifs is 3. The summed E-state index contributed by atoms with van der Waals surface area (Å²) in [7, 11) is 4.27. The maximum Gasteiger partial charge on any atom is 0.407 e. The Labute approximate surface area is 424 Å². The van der Waals surface area contributed by atoms with Gasteiger partial charge in [0, 0.05) is 78.6 Å². The molecular formula is C52H70N4O17. The van der Waals surface area contributed by atoms with Crippen LogP contribution in [0.15, 0.2) is 78.9 Å². The molecule has 2 aliphatic carbocycles. The first kappa shape index (κ1) is 55.5. The van der Waals surface area contributed by atoms with E-state index >= 15 is 0 Å². The molecule has 8 N–H and O–H groups in total. The van der Waals surface area contributed by atoms with Crippen molar-refractivity contribution in [1.29, 1.82) is 0 Å². The number of ether oxygens (including phenoxy) is 9. The van der Waals surface area contributed by atoms with Gasteiger partial charge in [-0.1, -0.05) is 78.9 Å². The quantitative estimate of drug-likeness (QED) is 0.0752. The Kier molecular flexibility index (Phi) is 20.0. The maximum atomic E-state index is 13.9. The molecule has 400 valence electrons. The van der Waals surface area contributed by atoms with Crippen molar-refractivity contribution in [1.82, 2.24) is 21.3 Å². The van der Waals surface area contributed by atoms with Crippen LogP contribution >= 0.6 is 0 Å². The molecule has 4 amide bonds. The predicted octanol–water partition coefficient (Wildman–Crippen LogP) is 1.56. The number of carbonyl (C=O) groups is 4. The van der Waals surface area contributed by atoms with Crippen molar-refractivity contribution in [3.63, 3.8) is 0 Å². The van der Waals surface area contributed by atoms with Gasteiger partial charge < -0.3 is 84.3 Å². The van der Waals surface area contributed by atoms with Crippen molar-refractivity contribution in [3.8, 4) is 11.1 Å². The van der Waals surface area contributed by atoms with Gasteiger partial charge in [0.15, 0.2) is 12.6 Å². The van der Waals surface area contributed by atoms with Gasteiger partial charge in [-0.2, -0.15) is 0 Å².